The molecule has 1 atom stereocenters. The third kappa shape index (κ3) is 4.17. The van der Waals surface area contributed by atoms with E-state index >= 15 is 0 Å². The van der Waals surface area contributed by atoms with Gasteiger partial charge in [-0.25, -0.2) is 4.39 Å². The van der Waals surface area contributed by atoms with Crippen LogP contribution in [0.1, 0.15) is 24.9 Å². The Morgan fingerprint density at radius 1 is 1.33 bits per heavy atom. The Bertz CT molecular complexity index is 993. The SMILES string of the molecule is CCC(N/C=C(\C=N)Oc1nc(O)c2ccncc2n1)c1ccccc1F. The van der Waals surface area contributed by atoms with E-state index in [9.17, 15) is 9.50 Å². The molecule has 2 aromatic heterocycles. The first-order chi connectivity index (χ1) is 13.1. The Labute approximate surface area is 155 Å². The largest absolute Gasteiger partial charge is 0.493 e. The van der Waals surface area contributed by atoms with Crippen molar-refractivity contribution in [3.8, 4) is 11.9 Å². The Hall–Kier alpha value is -3.55. The first-order valence-corrected chi connectivity index (χ1v) is 8.32. The summed E-state index contributed by atoms with van der Waals surface area (Å²) in [7, 11) is 0. The number of ether oxygens (including phenoxy) is 1. The van der Waals surface area contributed by atoms with Crippen molar-refractivity contribution in [2.75, 3.05) is 0 Å². The first-order valence-electron chi connectivity index (χ1n) is 8.32. The van der Waals surface area contributed by atoms with Gasteiger partial charge >= 0.3 is 6.01 Å². The van der Waals surface area contributed by atoms with E-state index in [0.717, 1.165) is 6.21 Å². The normalized spacial score (nSPS) is 12.6. The molecular formula is C19H18FN5O2. The highest BCUT2D eigenvalue weighted by Crippen LogP contribution is 2.23. The summed E-state index contributed by atoms with van der Waals surface area (Å²) >= 11 is 0. The summed E-state index contributed by atoms with van der Waals surface area (Å²) in [5.41, 5.74) is 0.932. The van der Waals surface area contributed by atoms with Gasteiger partial charge in [0.25, 0.3) is 0 Å². The molecule has 0 spiro atoms. The molecule has 0 amide bonds. The van der Waals surface area contributed by atoms with Gasteiger partial charge in [0, 0.05) is 18.0 Å². The van der Waals surface area contributed by atoms with Gasteiger partial charge in [-0.15, -0.1) is 0 Å². The van der Waals surface area contributed by atoms with Crippen LogP contribution >= 0.6 is 0 Å². The average molecular weight is 367 g/mol. The summed E-state index contributed by atoms with van der Waals surface area (Å²) in [6, 6.07) is 7.67. The van der Waals surface area contributed by atoms with Gasteiger partial charge in [0.2, 0.25) is 5.88 Å². The van der Waals surface area contributed by atoms with Gasteiger partial charge in [0.15, 0.2) is 5.76 Å². The highest BCUT2D eigenvalue weighted by atomic mass is 19.1. The minimum atomic E-state index is -0.308. The Kier molecular flexibility index (Phi) is 5.55. The van der Waals surface area contributed by atoms with E-state index in [2.05, 4.69) is 20.3 Å². The number of halogens is 1. The maximum absolute atomic E-state index is 14.0. The molecule has 8 heteroatoms. The molecule has 138 valence electrons. The van der Waals surface area contributed by atoms with E-state index in [0.29, 0.717) is 22.9 Å². The molecule has 0 saturated heterocycles. The molecular weight excluding hydrogens is 349 g/mol. The summed E-state index contributed by atoms with van der Waals surface area (Å²) in [6.07, 6.45) is 6.03. The van der Waals surface area contributed by atoms with Gasteiger partial charge in [0.1, 0.15) is 5.82 Å². The maximum atomic E-state index is 14.0. The van der Waals surface area contributed by atoms with E-state index in [1.54, 1.807) is 24.3 Å². The smallest absolute Gasteiger partial charge is 0.326 e. The van der Waals surface area contributed by atoms with E-state index in [1.807, 2.05) is 6.92 Å². The van der Waals surface area contributed by atoms with Crippen LogP contribution in [0.15, 0.2) is 54.7 Å². The molecule has 0 aliphatic carbocycles. The van der Waals surface area contributed by atoms with Crippen LogP contribution in [-0.4, -0.2) is 26.3 Å². The molecule has 0 aliphatic heterocycles. The number of allylic oxidation sites excluding steroid dienone is 1. The van der Waals surface area contributed by atoms with E-state index in [-0.39, 0.29) is 29.5 Å². The molecule has 0 aliphatic rings. The van der Waals surface area contributed by atoms with Crippen LogP contribution in [0.3, 0.4) is 0 Å². The molecule has 1 aromatic carbocycles. The van der Waals surface area contributed by atoms with Crippen LogP contribution in [0.2, 0.25) is 0 Å². The topological polar surface area (TPSA) is 104 Å². The second-order valence-electron chi connectivity index (χ2n) is 5.66. The number of rotatable bonds is 7. The van der Waals surface area contributed by atoms with Crippen LogP contribution in [-0.2, 0) is 0 Å². The van der Waals surface area contributed by atoms with Crippen LogP contribution in [0.5, 0.6) is 11.9 Å². The van der Waals surface area contributed by atoms with Crippen molar-refractivity contribution in [3.63, 3.8) is 0 Å². The second kappa shape index (κ2) is 8.22. The maximum Gasteiger partial charge on any atom is 0.326 e. The summed E-state index contributed by atoms with van der Waals surface area (Å²) in [5.74, 6) is -0.447. The van der Waals surface area contributed by atoms with Crippen LogP contribution in [0, 0.1) is 11.2 Å². The fraction of sp³-hybridized carbons (Fsp3) is 0.158. The number of benzene rings is 1. The fourth-order valence-corrected chi connectivity index (χ4v) is 2.56. The lowest BCUT2D eigenvalue weighted by Gasteiger charge is -2.17. The van der Waals surface area contributed by atoms with Crippen molar-refractivity contribution in [1.82, 2.24) is 20.3 Å². The van der Waals surface area contributed by atoms with Gasteiger partial charge in [-0.2, -0.15) is 9.97 Å². The number of pyridine rings is 1. The molecule has 0 radical (unpaired) electrons. The molecule has 7 nitrogen and oxygen atoms in total. The van der Waals surface area contributed by atoms with E-state index < -0.39 is 0 Å². The van der Waals surface area contributed by atoms with Crippen LogP contribution in [0.25, 0.3) is 10.9 Å². The number of nitrogens with one attached hydrogen (secondary N) is 2. The minimum absolute atomic E-state index is 0.104. The highest BCUT2D eigenvalue weighted by molar-refractivity contribution is 5.82. The molecule has 3 aromatic rings. The standard InChI is InChI=1S/C19H18FN5O2/c1-2-16(13-5-3-4-6-15(13)20)23-10-12(9-21)27-19-24-17-11-22-8-7-14(17)18(26)25-19/h3-11,16,21,23H,2H2,1H3,(H,24,25,26)/b12-10+,21-9?. The molecule has 0 saturated carbocycles. The zero-order valence-corrected chi connectivity index (χ0v) is 14.6. The van der Waals surface area contributed by atoms with E-state index in [4.69, 9.17) is 10.1 Å². The van der Waals surface area contributed by atoms with Gasteiger partial charge in [-0.1, -0.05) is 25.1 Å². The lowest BCUT2D eigenvalue weighted by atomic mass is 10.0. The molecule has 2 heterocycles. The average Bonchev–Trinajstić information content (AvgIpc) is 2.68. The molecule has 3 N–H and O–H groups in total. The molecule has 0 fully saturated rings. The molecule has 3 rings (SSSR count). The number of aromatic nitrogens is 3. The van der Waals surface area contributed by atoms with Crippen LogP contribution in [0.4, 0.5) is 4.39 Å². The number of hydrogen-bond acceptors (Lipinski definition) is 7. The lowest BCUT2D eigenvalue weighted by Crippen LogP contribution is -2.18. The Balaban J connectivity index is 1.80. The molecule has 1 unspecified atom stereocenters. The van der Waals surface area contributed by atoms with Gasteiger partial charge in [0.05, 0.1) is 29.4 Å². The summed E-state index contributed by atoms with van der Waals surface area (Å²) in [4.78, 5) is 12.0. The third-order valence-electron chi connectivity index (χ3n) is 3.93. The monoisotopic (exact) mass is 367 g/mol. The zero-order valence-electron chi connectivity index (χ0n) is 14.6. The lowest BCUT2D eigenvalue weighted by molar-refractivity contribution is 0.392. The zero-order chi connectivity index (χ0) is 19.2. The van der Waals surface area contributed by atoms with Gasteiger partial charge in [-0.05, 0) is 18.6 Å². The highest BCUT2D eigenvalue weighted by Gasteiger charge is 2.13. The predicted octanol–water partition coefficient (Wildman–Crippen LogP) is 3.48. The fourth-order valence-electron chi connectivity index (χ4n) is 2.56. The van der Waals surface area contributed by atoms with Crippen molar-refractivity contribution in [2.45, 2.75) is 19.4 Å². The van der Waals surface area contributed by atoms with Crippen molar-refractivity contribution >= 4 is 17.1 Å². The second-order valence-corrected chi connectivity index (χ2v) is 5.66. The minimum Gasteiger partial charge on any atom is -0.493 e. The number of nitrogens with zero attached hydrogens (tertiary/aromatic N) is 3. The van der Waals surface area contributed by atoms with Crippen molar-refractivity contribution < 1.29 is 14.2 Å². The van der Waals surface area contributed by atoms with Gasteiger partial charge < -0.3 is 20.6 Å². The first kappa shape index (κ1) is 18.2. The van der Waals surface area contributed by atoms with Crippen LogP contribution < -0.4 is 10.1 Å². The number of aromatic hydroxyl groups is 1. The summed E-state index contributed by atoms with van der Waals surface area (Å²) in [5, 5.41) is 21.0. The third-order valence-corrected chi connectivity index (χ3v) is 3.93. The summed E-state index contributed by atoms with van der Waals surface area (Å²) < 4.78 is 19.4. The Morgan fingerprint density at radius 3 is 2.89 bits per heavy atom. The van der Waals surface area contributed by atoms with Crippen molar-refractivity contribution in [2.24, 2.45) is 0 Å². The number of hydrogen-bond donors (Lipinski definition) is 3. The Morgan fingerprint density at radius 2 is 2.15 bits per heavy atom. The van der Waals surface area contributed by atoms with Crippen molar-refractivity contribution in [1.29, 1.82) is 5.41 Å². The molecule has 27 heavy (non-hydrogen) atoms. The van der Waals surface area contributed by atoms with Crippen molar-refractivity contribution in [3.05, 3.63) is 66.1 Å². The predicted molar refractivity (Wildman–Crippen MR) is 99.1 cm³/mol. The quantitative estimate of drug-likeness (QED) is 0.436. The molecule has 0 bridgehead atoms. The number of fused-ring (bicyclic) bond motifs is 1. The summed E-state index contributed by atoms with van der Waals surface area (Å²) in [6.45, 7) is 1.92. The van der Waals surface area contributed by atoms with E-state index in [1.165, 1.54) is 24.7 Å². The van der Waals surface area contributed by atoms with Gasteiger partial charge in [-0.3, -0.25) is 4.98 Å².